The van der Waals surface area contributed by atoms with Crippen LogP contribution in [0.25, 0.3) is 0 Å². The molecule has 3 atom stereocenters. The zero-order valence-electron chi connectivity index (χ0n) is 10.6. The van der Waals surface area contributed by atoms with Gasteiger partial charge in [0, 0.05) is 0 Å². The van der Waals surface area contributed by atoms with Gasteiger partial charge in [-0.25, -0.2) is 14.0 Å². The van der Waals surface area contributed by atoms with E-state index in [2.05, 4.69) is 19.5 Å². The fourth-order valence-corrected chi connectivity index (χ4v) is 1.07. The average molecular weight is 297 g/mol. The standard InChI is InChI=1S/C10H16FNO8/c1-18-12-2-6(11)10(20-9(17)4-14)7(15)5-19-8(16)3-13/h2,6-7,10,13-15H,3-5H2,1H3/b12-2-/t6-,7+,10+/m1/s1. The van der Waals surface area contributed by atoms with Gasteiger partial charge in [-0.1, -0.05) is 5.16 Å². The maximum Gasteiger partial charge on any atom is 0.332 e. The lowest BCUT2D eigenvalue weighted by Crippen LogP contribution is -2.43. The predicted molar refractivity (Wildman–Crippen MR) is 61.4 cm³/mol. The molecule has 0 amide bonds. The lowest BCUT2D eigenvalue weighted by atomic mass is 10.1. The fourth-order valence-electron chi connectivity index (χ4n) is 1.07. The molecule has 0 radical (unpaired) electrons. The normalized spacial score (nSPS) is 15.4. The number of esters is 2. The Morgan fingerprint density at radius 3 is 2.40 bits per heavy atom. The predicted octanol–water partition coefficient (Wildman–Crippen LogP) is -2.24. The van der Waals surface area contributed by atoms with Crippen molar-refractivity contribution in [3.8, 4) is 0 Å². The zero-order chi connectivity index (χ0) is 15.5. The second kappa shape index (κ2) is 10.1. The van der Waals surface area contributed by atoms with Gasteiger partial charge in [0.05, 0.1) is 6.21 Å². The van der Waals surface area contributed by atoms with E-state index in [1.807, 2.05) is 0 Å². The molecular weight excluding hydrogens is 281 g/mol. The Balaban J connectivity index is 4.68. The van der Waals surface area contributed by atoms with E-state index in [1.165, 1.54) is 0 Å². The van der Waals surface area contributed by atoms with Crippen LogP contribution >= 0.6 is 0 Å². The van der Waals surface area contributed by atoms with E-state index in [4.69, 9.17) is 10.2 Å². The number of alkyl halides is 1. The first-order chi connectivity index (χ1) is 9.46. The number of aliphatic hydroxyl groups is 3. The molecule has 9 nitrogen and oxygen atoms in total. The number of ether oxygens (including phenoxy) is 2. The zero-order valence-corrected chi connectivity index (χ0v) is 10.6. The lowest BCUT2D eigenvalue weighted by Gasteiger charge is -2.23. The van der Waals surface area contributed by atoms with Gasteiger partial charge in [0.25, 0.3) is 0 Å². The van der Waals surface area contributed by atoms with Crippen LogP contribution in [0.5, 0.6) is 0 Å². The van der Waals surface area contributed by atoms with Crippen molar-refractivity contribution in [1.82, 2.24) is 0 Å². The van der Waals surface area contributed by atoms with Crippen molar-refractivity contribution < 1.29 is 43.6 Å². The summed E-state index contributed by atoms with van der Waals surface area (Å²) >= 11 is 0. The van der Waals surface area contributed by atoms with E-state index in [0.29, 0.717) is 6.21 Å². The van der Waals surface area contributed by atoms with Gasteiger partial charge in [-0.3, -0.25) is 0 Å². The third kappa shape index (κ3) is 6.97. The van der Waals surface area contributed by atoms with Gasteiger partial charge in [0.1, 0.15) is 33.0 Å². The molecule has 3 N–H and O–H groups in total. The molecule has 0 aromatic carbocycles. The third-order valence-corrected chi connectivity index (χ3v) is 1.94. The largest absolute Gasteiger partial charge is 0.461 e. The molecule has 0 aliphatic heterocycles. The monoisotopic (exact) mass is 297 g/mol. The lowest BCUT2D eigenvalue weighted by molar-refractivity contribution is -0.167. The summed E-state index contributed by atoms with van der Waals surface area (Å²) < 4.78 is 22.5. The summed E-state index contributed by atoms with van der Waals surface area (Å²) in [6.07, 6.45) is -4.93. The summed E-state index contributed by atoms with van der Waals surface area (Å²) in [5, 5.41) is 29.6. The third-order valence-electron chi connectivity index (χ3n) is 1.94. The molecule has 0 fully saturated rings. The number of aliphatic hydroxyl groups excluding tert-OH is 3. The quantitative estimate of drug-likeness (QED) is 0.247. The summed E-state index contributed by atoms with van der Waals surface area (Å²) in [5.74, 6) is -2.23. The van der Waals surface area contributed by atoms with E-state index in [1.54, 1.807) is 0 Å². The molecule has 0 aliphatic carbocycles. The van der Waals surface area contributed by atoms with Gasteiger partial charge < -0.3 is 29.6 Å². The second-order valence-corrected chi connectivity index (χ2v) is 3.40. The molecule has 0 saturated carbocycles. The van der Waals surface area contributed by atoms with Crippen molar-refractivity contribution >= 4 is 18.2 Å². The summed E-state index contributed by atoms with van der Waals surface area (Å²) in [6, 6.07) is 0. The van der Waals surface area contributed by atoms with Gasteiger partial charge in [0.15, 0.2) is 12.3 Å². The second-order valence-electron chi connectivity index (χ2n) is 3.40. The van der Waals surface area contributed by atoms with Crippen LogP contribution in [-0.2, 0) is 23.9 Å². The molecule has 0 saturated heterocycles. The van der Waals surface area contributed by atoms with E-state index >= 15 is 0 Å². The average Bonchev–Trinajstić information content (AvgIpc) is 2.46. The highest BCUT2D eigenvalue weighted by Gasteiger charge is 2.32. The molecule has 0 aliphatic rings. The Morgan fingerprint density at radius 1 is 1.30 bits per heavy atom. The van der Waals surface area contributed by atoms with Crippen LogP contribution in [0.3, 0.4) is 0 Å². The molecule has 0 unspecified atom stereocenters. The highest BCUT2D eigenvalue weighted by Crippen LogP contribution is 2.09. The SMILES string of the molecule is CO/N=C\[C@@H](F)[C@H](OC(=O)CO)[C@@H](O)COC(=O)CO. The van der Waals surface area contributed by atoms with Crippen molar-refractivity contribution in [2.45, 2.75) is 18.4 Å². The van der Waals surface area contributed by atoms with E-state index in [9.17, 15) is 19.1 Å². The van der Waals surface area contributed by atoms with Crippen molar-refractivity contribution in [3.05, 3.63) is 0 Å². The Kier molecular flexibility index (Phi) is 9.17. The molecule has 0 aromatic heterocycles. The molecule has 0 aromatic rings. The maximum absolute atomic E-state index is 13.7. The number of carbonyl (C=O) groups is 2. The van der Waals surface area contributed by atoms with Crippen molar-refractivity contribution in [3.63, 3.8) is 0 Å². The Morgan fingerprint density at radius 2 is 1.90 bits per heavy atom. The number of hydrogen-bond acceptors (Lipinski definition) is 9. The minimum absolute atomic E-state index is 0.617. The highest BCUT2D eigenvalue weighted by molar-refractivity contribution is 5.72. The minimum Gasteiger partial charge on any atom is -0.461 e. The molecule has 0 spiro atoms. The van der Waals surface area contributed by atoms with Crippen LogP contribution < -0.4 is 0 Å². The topological polar surface area (TPSA) is 135 Å². The van der Waals surface area contributed by atoms with Gasteiger partial charge in [-0.05, 0) is 0 Å². The van der Waals surface area contributed by atoms with Crippen molar-refractivity contribution in [1.29, 1.82) is 0 Å². The molecular formula is C10H16FNO8. The van der Waals surface area contributed by atoms with E-state index in [-0.39, 0.29) is 0 Å². The highest BCUT2D eigenvalue weighted by atomic mass is 19.1. The smallest absolute Gasteiger partial charge is 0.332 e. The van der Waals surface area contributed by atoms with Gasteiger partial charge in [-0.15, -0.1) is 0 Å². The fraction of sp³-hybridized carbons (Fsp3) is 0.700. The number of rotatable bonds is 9. The first-order valence-corrected chi connectivity index (χ1v) is 5.41. The Hall–Kier alpha value is -1.78. The first-order valence-electron chi connectivity index (χ1n) is 5.41. The van der Waals surface area contributed by atoms with Crippen molar-refractivity contribution in [2.75, 3.05) is 26.9 Å². The van der Waals surface area contributed by atoms with Gasteiger partial charge in [0.2, 0.25) is 0 Å². The maximum atomic E-state index is 13.7. The van der Waals surface area contributed by atoms with E-state index < -0.39 is 50.1 Å². The summed E-state index contributed by atoms with van der Waals surface area (Å²) in [7, 11) is 1.15. The number of halogens is 1. The van der Waals surface area contributed by atoms with E-state index in [0.717, 1.165) is 7.11 Å². The number of oxime groups is 1. The Bertz CT molecular complexity index is 337. The van der Waals surface area contributed by atoms with Crippen molar-refractivity contribution in [2.24, 2.45) is 5.16 Å². The van der Waals surface area contributed by atoms with Crippen LogP contribution in [0.15, 0.2) is 5.16 Å². The van der Waals surface area contributed by atoms with Crippen LogP contribution in [0.1, 0.15) is 0 Å². The Labute approximate surface area is 113 Å². The molecule has 0 heterocycles. The summed E-state index contributed by atoms with van der Waals surface area (Å²) in [6.45, 7) is -2.66. The molecule has 10 heteroatoms. The van der Waals surface area contributed by atoms with Crippen LogP contribution in [0.4, 0.5) is 4.39 Å². The van der Waals surface area contributed by atoms with Crippen LogP contribution in [-0.4, -0.2) is 78.8 Å². The molecule has 0 bridgehead atoms. The molecule has 116 valence electrons. The number of hydrogen-bond donors (Lipinski definition) is 3. The molecule has 0 rings (SSSR count). The van der Waals surface area contributed by atoms with Crippen LogP contribution in [0.2, 0.25) is 0 Å². The van der Waals surface area contributed by atoms with Crippen LogP contribution in [0, 0.1) is 0 Å². The minimum atomic E-state index is -2.06. The van der Waals surface area contributed by atoms with Gasteiger partial charge >= 0.3 is 11.9 Å². The van der Waals surface area contributed by atoms with Gasteiger partial charge in [-0.2, -0.15) is 0 Å². The molecule has 20 heavy (non-hydrogen) atoms. The summed E-state index contributed by atoms with van der Waals surface area (Å²) in [4.78, 5) is 25.8. The number of carbonyl (C=O) groups excluding carboxylic acids is 2. The number of nitrogens with zero attached hydrogens (tertiary/aromatic N) is 1. The summed E-state index contributed by atoms with van der Waals surface area (Å²) in [5.41, 5.74) is 0. The first kappa shape index (κ1) is 18.2.